The van der Waals surface area contributed by atoms with Crippen LogP contribution < -0.4 is 4.90 Å². The van der Waals surface area contributed by atoms with E-state index in [0.717, 1.165) is 16.9 Å². The van der Waals surface area contributed by atoms with Crippen molar-refractivity contribution >= 4 is 28.3 Å². The zero-order valence-corrected chi connectivity index (χ0v) is 16.7. The quantitative estimate of drug-likeness (QED) is 0.592. The van der Waals surface area contributed by atoms with Gasteiger partial charge in [0.15, 0.2) is 10.9 Å². The lowest BCUT2D eigenvalue weighted by atomic mass is 10.1. The Morgan fingerprint density at radius 3 is 2.79 bits per heavy atom. The number of ketones is 1. The van der Waals surface area contributed by atoms with Gasteiger partial charge < -0.3 is 4.90 Å². The van der Waals surface area contributed by atoms with Crippen LogP contribution in [-0.2, 0) is 6.42 Å². The first-order valence-electron chi connectivity index (χ1n) is 9.27. The molecule has 0 atom stereocenters. The Bertz CT molecular complexity index is 870. The zero-order valence-electron chi connectivity index (χ0n) is 15.9. The molecule has 1 saturated heterocycles. The predicted molar refractivity (Wildman–Crippen MR) is 103 cm³/mol. The number of alkyl halides is 3. The number of aryl methyl sites for hydroxylation is 2. The van der Waals surface area contributed by atoms with Crippen molar-refractivity contribution in [2.45, 2.75) is 38.8 Å². The molecule has 0 aliphatic carbocycles. The summed E-state index contributed by atoms with van der Waals surface area (Å²) in [5.41, 5.74) is 1.52. The van der Waals surface area contributed by atoms with Gasteiger partial charge in [-0.3, -0.25) is 14.7 Å². The Balaban J connectivity index is 1.59. The number of aromatic nitrogens is 2. The van der Waals surface area contributed by atoms with E-state index in [1.165, 1.54) is 9.80 Å². The van der Waals surface area contributed by atoms with E-state index in [4.69, 9.17) is 0 Å². The highest BCUT2D eigenvalue weighted by molar-refractivity contribution is 7.17. The number of anilines is 1. The number of hydrogen-bond acceptors (Lipinski definition) is 5. The van der Waals surface area contributed by atoms with Gasteiger partial charge in [-0.05, 0) is 31.4 Å². The van der Waals surface area contributed by atoms with E-state index in [2.05, 4.69) is 9.97 Å². The third-order valence-electron chi connectivity index (χ3n) is 4.62. The number of rotatable bonds is 8. The summed E-state index contributed by atoms with van der Waals surface area (Å²) in [6, 6.07) is 3.35. The molecule has 6 nitrogen and oxygen atoms in total. The molecular weight excluding hydrogens is 405 g/mol. The lowest BCUT2D eigenvalue weighted by molar-refractivity contribution is -0.135. The number of amides is 2. The maximum absolute atomic E-state index is 12.6. The average molecular weight is 426 g/mol. The van der Waals surface area contributed by atoms with E-state index in [1.54, 1.807) is 19.3 Å². The van der Waals surface area contributed by atoms with Crippen molar-refractivity contribution in [1.29, 1.82) is 0 Å². The fourth-order valence-electron chi connectivity index (χ4n) is 3.11. The van der Waals surface area contributed by atoms with Gasteiger partial charge in [0, 0.05) is 44.9 Å². The first-order chi connectivity index (χ1) is 13.7. The lowest BCUT2D eigenvalue weighted by Crippen LogP contribution is -2.32. The minimum atomic E-state index is -4.22. The second-order valence-corrected chi connectivity index (χ2v) is 7.81. The van der Waals surface area contributed by atoms with Crippen LogP contribution in [0.5, 0.6) is 0 Å². The molecule has 0 unspecified atom stereocenters. The highest BCUT2D eigenvalue weighted by atomic mass is 32.1. The van der Waals surface area contributed by atoms with Gasteiger partial charge >= 0.3 is 12.2 Å². The van der Waals surface area contributed by atoms with Gasteiger partial charge in [0.25, 0.3) is 0 Å². The molecule has 2 aromatic rings. The fourth-order valence-corrected chi connectivity index (χ4v) is 4.17. The monoisotopic (exact) mass is 426 g/mol. The summed E-state index contributed by atoms with van der Waals surface area (Å²) in [7, 11) is 0. The van der Waals surface area contributed by atoms with Crippen molar-refractivity contribution in [3.63, 3.8) is 0 Å². The third kappa shape index (κ3) is 5.53. The summed E-state index contributed by atoms with van der Waals surface area (Å²) in [6.07, 6.45) is -1.000. The summed E-state index contributed by atoms with van der Waals surface area (Å²) in [5, 5.41) is 0.413. The van der Waals surface area contributed by atoms with E-state index >= 15 is 0 Å². The number of urea groups is 1. The molecule has 0 aromatic carbocycles. The zero-order chi connectivity index (χ0) is 21.0. The Kier molecular flexibility index (Phi) is 6.51. The van der Waals surface area contributed by atoms with E-state index in [0.29, 0.717) is 41.6 Å². The number of halogens is 3. The van der Waals surface area contributed by atoms with Crippen LogP contribution in [0.1, 0.15) is 40.2 Å². The minimum Gasteiger partial charge on any atom is -0.322 e. The third-order valence-corrected chi connectivity index (χ3v) is 5.84. The molecule has 2 aromatic heterocycles. The van der Waals surface area contributed by atoms with Crippen molar-refractivity contribution in [1.82, 2.24) is 14.9 Å². The number of nitrogens with zero attached hydrogens (tertiary/aromatic N) is 4. The first-order valence-corrected chi connectivity index (χ1v) is 10.1. The van der Waals surface area contributed by atoms with Crippen LogP contribution in [0, 0.1) is 6.92 Å². The number of Topliss-reactive ketones (excluding diaryl/α,β-unsaturated/α-hetero) is 1. The summed E-state index contributed by atoms with van der Waals surface area (Å²) < 4.78 is 36.9. The van der Waals surface area contributed by atoms with Crippen molar-refractivity contribution in [2.75, 3.05) is 24.5 Å². The highest BCUT2D eigenvalue weighted by Gasteiger charge is 2.33. The maximum atomic E-state index is 12.6. The Morgan fingerprint density at radius 1 is 1.31 bits per heavy atom. The van der Waals surface area contributed by atoms with Crippen LogP contribution in [-0.4, -0.2) is 52.5 Å². The van der Waals surface area contributed by atoms with Gasteiger partial charge in [0.2, 0.25) is 0 Å². The lowest BCUT2D eigenvalue weighted by Gasteiger charge is -2.17. The number of hydrogen-bond donors (Lipinski definition) is 0. The second-order valence-electron chi connectivity index (χ2n) is 6.84. The van der Waals surface area contributed by atoms with Crippen molar-refractivity contribution in [3.05, 3.63) is 40.7 Å². The summed E-state index contributed by atoms with van der Waals surface area (Å²) >= 11 is 1.16. The molecule has 0 spiro atoms. The molecule has 3 rings (SSSR count). The number of thiazole rings is 1. The molecular formula is C19H21F3N4O2S. The standard InChI is InChI=1S/C19H21F3N4O2S/c1-13-16(15(27)6-5-14-4-2-8-23-12-14)29-17(24-13)26-11-10-25(18(26)28)9-3-7-19(20,21)22/h2,4,8,12H,3,5-7,9-11H2,1H3. The molecule has 0 N–H and O–H groups in total. The molecule has 0 bridgehead atoms. The molecule has 0 radical (unpaired) electrons. The largest absolute Gasteiger partial charge is 0.389 e. The number of pyridine rings is 1. The molecule has 0 saturated carbocycles. The van der Waals surface area contributed by atoms with Crippen molar-refractivity contribution in [3.8, 4) is 0 Å². The van der Waals surface area contributed by atoms with Crippen molar-refractivity contribution < 1.29 is 22.8 Å². The van der Waals surface area contributed by atoms with Gasteiger partial charge in [-0.1, -0.05) is 17.4 Å². The Labute approximate surface area is 170 Å². The molecule has 2 amide bonds. The first kappa shape index (κ1) is 21.2. The SMILES string of the molecule is Cc1nc(N2CCN(CCCC(F)(F)F)C2=O)sc1C(=O)CCc1cccnc1. The normalized spacial score (nSPS) is 14.7. The summed E-state index contributed by atoms with van der Waals surface area (Å²) in [5.74, 6) is -0.0521. The fraction of sp³-hybridized carbons (Fsp3) is 0.474. The van der Waals surface area contributed by atoms with Crippen LogP contribution >= 0.6 is 11.3 Å². The molecule has 1 fully saturated rings. The van der Waals surface area contributed by atoms with Crippen LogP contribution in [0.25, 0.3) is 0 Å². The number of carbonyl (C=O) groups is 2. The van der Waals surface area contributed by atoms with Gasteiger partial charge in [0.1, 0.15) is 0 Å². The minimum absolute atomic E-state index is 0.0517. The van der Waals surface area contributed by atoms with Crippen LogP contribution in [0.3, 0.4) is 0 Å². The van der Waals surface area contributed by atoms with E-state index in [9.17, 15) is 22.8 Å². The Morgan fingerprint density at radius 2 is 2.10 bits per heavy atom. The number of carbonyl (C=O) groups excluding carboxylic acids is 2. The molecule has 3 heterocycles. The van der Waals surface area contributed by atoms with Gasteiger partial charge in [-0.2, -0.15) is 13.2 Å². The highest BCUT2D eigenvalue weighted by Crippen LogP contribution is 2.30. The second kappa shape index (κ2) is 8.89. The van der Waals surface area contributed by atoms with Crippen LogP contribution in [0.15, 0.2) is 24.5 Å². The van der Waals surface area contributed by atoms with Crippen LogP contribution in [0.2, 0.25) is 0 Å². The molecule has 156 valence electrons. The van der Waals surface area contributed by atoms with Crippen LogP contribution in [0.4, 0.5) is 23.1 Å². The summed E-state index contributed by atoms with van der Waals surface area (Å²) in [4.78, 5) is 36.8. The Hall–Kier alpha value is -2.49. The maximum Gasteiger partial charge on any atom is 0.389 e. The average Bonchev–Trinajstić information content (AvgIpc) is 3.22. The topological polar surface area (TPSA) is 66.4 Å². The molecule has 1 aliphatic heterocycles. The van der Waals surface area contributed by atoms with E-state index < -0.39 is 12.6 Å². The van der Waals surface area contributed by atoms with Gasteiger partial charge in [-0.15, -0.1) is 0 Å². The van der Waals surface area contributed by atoms with E-state index in [-0.39, 0.29) is 24.8 Å². The van der Waals surface area contributed by atoms with Gasteiger partial charge in [-0.25, -0.2) is 9.78 Å². The van der Waals surface area contributed by atoms with Gasteiger partial charge in [0.05, 0.1) is 10.6 Å². The summed E-state index contributed by atoms with van der Waals surface area (Å²) in [6.45, 7) is 2.47. The molecule has 1 aliphatic rings. The van der Waals surface area contributed by atoms with E-state index in [1.807, 2.05) is 12.1 Å². The molecule has 10 heteroatoms. The predicted octanol–water partition coefficient (Wildman–Crippen LogP) is 4.25. The smallest absolute Gasteiger partial charge is 0.322 e. The van der Waals surface area contributed by atoms with Crippen molar-refractivity contribution in [2.24, 2.45) is 0 Å². The molecule has 29 heavy (non-hydrogen) atoms.